The zero-order valence-electron chi connectivity index (χ0n) is 21.8. The molecule has 3 N–H and O–H groups in total. The van der Waals surface area contributed by atoms with Crippen molar-refractivity contribution in [3.63, 3.8) is 0 Å². The summed E-state index contributed by atoms with van der Waals surface area (Å²) in [6.07, 6.45) is 0.347. The highest BCUT2D eigenvalue weighted by atomic mass is 16.5. The van der Waals surface area contributed by atoms with Crippen LogP contribution in [0.25, 0.3) is 11.3 Å². The van der Waals surface area contributed by atoms with Gasteiger partial charge in [0.25, 0.3) is 5.56 Å². The van der Waals surface area contributed by atoms with E-state index in [-0.39, 0.29) is 6.54 Å². The molecule has 38 heavy (non-hydrogen) atoms. The molecule has 0 saturated carbocycles. The Morgan fingerprint density at radius 1 is 1.05 bits per heavy atom. The van der Waals surface area contributed by atoms with Gasteiger partial charge in [-0.2, -0.15) is 0 Å². The molecule has 0 atom stereocenters. The van der Waals surface area contributed by atoms with E-state index in [4.69, 9.17) is 9.47 Å². The zero-order valence-corrected chi connectivity index (χ0v) is 21.8. The van der Waals surface area contributed by atoms with Crippen molar-refractivity contribution in [2.75, 3.05) is 64.2 Å². The maximum atomic E-state index is 13.6. The number of aromatic carboxylic acids is 1. The summed E-state index contributed by atoms with van der Waals surface area (Å²) in [5, 5.41) is 24.3. The molecule has 1 fully saturated rings. The van der Waals surface area contributed by atoms with E-state index in [1.807, 2.05) is 12.1 Å². The quantitative estimate of drug-likeness (QED) is 0.451. The number of hydrogen-bond donors (Lipinski definition) is 3. The summed E-state index contributed by atoms with van der Waals surface area (Å²) < 4.78 is 12.3. The molecule has 10 nitrogen and oxygen atoms in total. The largest absolute Gasteiger partial charge is 0.506 e. The van der Waals surface area contributed by atoms with Crippen LogP contribution in [0.4, 0.5) is 11.4 Å². The van der Waals surface area contributed by atoms with Gasteiger partial charge in [-0.25, -0.2) is 4.79 Å². The van der Waals surface area contributed by atoms with E-state index in [9.17, 15) is 19.8 Å². The third-order valence-corrected chi connectivity index (χ3v) is 7.39. The van der Waals surface area contributed by atoms with Crippen molar-refractivity contribution in [1.82, 2.24) is 9.47 Å². The summed E-state index contributed by atoms with van der Waals surface area (Å²) in [5.74, 6) is -0.839. The van der Waals surface area contributed by atoms with E-state index >= 15 is 0 Å². The number of rotatable bonds is 6. The Balaban J connectivity index is 1.69. The van der Waals surface area contributed by atoms with E-state index in [1.165, 1.54) is 11.7 Å². The van der Waals surface area contributed by atoms with Crippen molar-refractivity contribution in [3.8, 4) is 28.5 Å². The van der Waals surface area contributed by atoms with Gasteiger partial charge < -0.3 is 39.4 Å². The lowest BCUT2D eigenvalue weighted by Crippen LogP contribution is -2.44. The van der Waals surface area contributed by atoms with Crippen LogP contribution < -0.4 is 25.2 Å². The van der Waals surface area contributed by atoms with Crippen LogP contribution in [0.3, 0.4) is 0 Å². The van der Waals surface area contributed by atoms with Crippen LogP contribution in [-0.2, 0) is 13.0 Å². The summed E-state index contributed by atoms with van der Waals surface area (Å²) in [6.45, 7) is 4.30. The van der Waals surface area contributed by atoms with Gasteiger partial charge >= 0.3 is 5.97 Å². The van der Waals surface area contributed by atoms with E-state index in [2.05, 4.69) is 28.2 Å². The standard InChI is InChI=1S/C28H32N4O6/c1-30-10-12-31(13-11-30)18-5-7-20-22(14-18)29-9-8-21-25(20)32(27(34)24(26(21)33)28(35)36)16-17-4-6-19(37-2)15-23(17)38-3/h4-7,14-15,29,33H,8-13,16H2,1-3H3,(H,35,36). The van der Waals surface area contributed by atoms with Gasteiger partial charge in [-0.3, -0.25) is 4.79 Å². The highest BCUT2D eigenvalue weighted by Gasteiger charge is 2.29. The summed E-state index contributed by atoms with van der Waals surface area (Å²) in [5.41, 5.74) is 2.83. The van der Waals surface area contributed by atoms with Gasteiger partial charge in [0.05, 0.1) is 26.5 Å². The van der Waals surface area contributed by atoms with Gasteiger partial charge in [-0.1, -0.05) is 0 Å². The first-order valence-electron chi connectivity index (χ1n) is 12.6. The monoisotopic (exact) mass is 520 g/mol. The second-order valence-corrected chi connectivity index (χ2v) is 9.62. The molecule has 1 saturated heterocycles. The number of hydrogen-bond acceptors (Lipinski definition) is 8. The number of ether oxygens (including phenoxy) is 2. The molecule has 0 aliphatic carbocycles. The molecular formula is C28H32N4O6. The number of aromatic nitrogens is 1. The molecule has 5 rings (SSSR count). The lowest BCUT2D eigenvalue weighted by molar-refractivity contribution is 0.0690. The number of nitrogens with one attached hydrogen (secondary N) is 1. The highest BCUT2D eigenvalue weighted by Crippen LogP contribution is 2.40. The van der Waals surface area contributed by atoms with Crippen molar-refractivity contribution in [2.24, 2.45) is 0 Å². The third kappa shape index (κ3) is 4.51. The van der Waals surface area contributed by atoms with Crippen LogP contribution in [0.15, 0.2) is 41.2 Å². The van der Waals surface area contributed by atoms with Gasteiger partial charge in [0.2, 0.25) is 0 Å². The fourth-order valence-electron chi connectivity index (χ4n) is 5.27. The third-order valence-electron chi connectivity index (χ3n) is 7.39. The zero-order chi connectivity index (χ0) is 27.0. The number of pyridine rings is 1. The maximum absolute atomic E-state index is 13.6. The topological polar surface area (TPSA) is 116 Å². The normalized spacial score (nSPS) is 15.2. The second-order valence-electron chi connectivity index (χ2n) is 9.62. The average Bonchev–Trinajstić information content (AvgIpc) is 3.11. The number of anilines is 2. The Labute approximate surface area is 220 Å². The fourth-order valence-corrected chi connectivity index (χ4v) is 5.27. The summed E-state index contributed by atoms with van der Waals surface area (Å²) in [6, 6.07) is 11.3. The molecule has 3 aromatic rings. The number of likely N-dealkylation sites (N-methyl/N-ethyl adjacent to an activating group) is 1. The van der Waals surface area contributed by atoms with Crippen LogP contribution in [0.2, 0.25) is 0 Å². The number of fused-ring (bicyclic) bond motifs is 3. The number of aromatic hydroxyl groups is 1. The first-order chi connectivity index (χ1) is 18.3. The van der Waals surface area contributed by atoms with Crippen molar-refractivity contribution < 1.29 is 24.5 Å². The molecular weight excluding hydrogens is 488 g/mol. The molecule has 200 valence electrons. The number of benzene rings is 2. The van der Waals surface area contributed by atoms with Gasteiger partial charge in [-0.15, -0.1) is 0 Å². The van der Waals surface area contributed by atoms with E-state index < -0.39 is 22.8 Å². The number of methoxy groups -OCH3 is 2. The van der Waals surface area contributed by atoms with Crippen LogP contribution in [0.1, 0.15) is 21.5 Å². The lowest BCUT2D eigenvalue weighted by Gasteiger charge is -2.34. The lowest BCUT2D eigenvalue weighted by atomic mass is 9.98. The fraction of sp³-hybridized carbons (Fsp3) is 0.357. The number of carboxylic acids is 1. The summed E-state index contributed by atoms with van der Waals surface area (Å²) >= 11 is 0. The first kappa shape index (κ1) is 25.5. The molecule has 3 heterocycles. The maximum Gasteiger partial charge on any atom is 0.345 e. The predicted molar refractivity (Wildman–Crippen MR) is 145 cm³/mol. The molecule has 0 unspecified atom stereocenters. The van der Waals surface area contributed by atoms with Crippen molar-refractivity contribution in [3.05, 3.63) is 63.4 Å². The van der Waals surface area contributed by atoms with E-state index in [0.717, 1.165) is 43.1 Å². The number of nitrogens with zero attached hydrogens (tertiary/aromatic N) is 3. The van der Waals surface area contributed by atoms with Gasteiger partial charge in [0.1, 0.15) is 17.2 Å². The first-order valence-corrected chi connectivity index (χ1v) is 12.6. The van der Waals surface area contributed by atoms with Crippen molar-refractivity contribution in [2.45, 2.75) is 13.0 Å². The Bertz CT molecular complexity index is 1440. The van der Waals surface area contributed by atoms with Gasteiger partial charge in [0.15, 0.2) is 5.56 Å². The van der Waals surface area contributed by atoms with Crippen molar-refractivity contribution in [1.29, 1.82) is 0 Å². The Morgan fingerprint density at radius 3 is 2.50 bits per heavy atom. The van der Waals surface area contributed by atoms with E-state index in [0.29, 0.717) is 41.3 Å². The van der Waals surface area contributed by atoms with Gasteiger partial charge in [-0.05, 0) is 43.8 Å². The number of carbonyl (C=O) groups is 1. The van der Waals surface area contributed by atoms with Crippen LogP contribution in [0.5, 0.6) is 17.2 Å². The summed E-state index contributed by atoms with van der Waals surface area (Å²) in [7, 11) is 5.19. The second kappa shape index (κ2) is 10.3. The molecule has 0 radical (unpaired) electrons. The average molecular weight is 521 g/mol. The molecule has 2 aromatic carbocycles. The Kier molecular flexibility index (Phi) is 6.90. The van der Waals surface area contributed by atoms with Crippen LogP contribution >= 0.6 is 0 Å². The minimum absolute atomic E-state index is 0.0501. The predicted octanol–water partition coefficient (Wildman–Crippen LogP) is 2.70. The van der Waals surface area contributed by atoms with Crippen LogP contribution in [-0.4, -0.2) is 79.6 Å². The molecule has 2 aliphatic heterocycles. The van der Waals surface area contributed by atoms with Crippen molar-refractivity contribution >= 4 is 17.3 Å². The number of piperazine rings is 1. The SMILES string of the molecule is COc1ccc(Cn2c3c(c(O)c(C(=O)O)c2=O)CCNc2cc(N4CCN(C)CC4)ccc2-3)c(OC)c1. The summed E-state index contributed by atoms with van der Waals surface area (Å²) in [4.78, 5) is 30.3. The van der Waals surface area contributed by atoms with E-state index in [1.54, 1.807) is 25.3 Å². The minimum atomic E-state index is -1.46. The minimum Gasteiger partial charge on any atom is -0.506 e. The molecule has 0 amide bonds. The Morgan fingerprint density at radius 2 is 1.82 bits per heavy atom. The molecule has 2 aliphatic rings. The molecule has 10 heteroatoms. The highest BCUT2D eigenvalue weighted by molar-refractivity contribution is 5.93. The molecule has 0 bridgehead atoms. The van der Waals surface area contributed by atoms with Gasteiger partial charge in [0, 0.05) is 66.9 Å². The number of carboxylic acid groups (broad SMARTS) is 1. The molecule has 1 aromatic heterocycles. The smallest absolute Gasteiger partial charge is 0.345 e. The van der Waals surface area contributed by atoms with Crippen LogP contribution in [0, 0.1) is 0 Å². The molecule has 0 spiro atoms. The Hall–Kier alpha value is -4.18.